The molecule has 0 aliphatic heterocycles. The number of ether oxygens (including phenoxy) is 1. The average molecular weight is 387 g/mol. The third-order valence-electron chi connectivity index (χ3n) is 4.82. The number of allylic oxidation sites excluding steroid dienone is 4. The van der Waals surface area contributed by atoms with Crippen LogP contribution in [-0.4, -0.2) is 30.7 Å². The molecule has 3 N–H and O–H groups in total. The van der Waals surface area contributed by atoms with Crippen LogP contribution in [0.5, 0.6) is 5.75 Å². The van der Waals surface area contributed by atoms with Crippen LogP contribution >= 0.6 is 0 Å². The Bertz CT molecular complexity index is 691. The molecule has 0 amide bonds. The van der Waals surface area contributed by atoms with Gasteiger partial charge in [-0.25, -0.2) is 4.39 Å². The molecule has 0 unspecified atom stereocenters. The van der Waals surface area contributed by atoms with Crippen molar-refractivity contribution < 1.29 is 9.13 Å². The highest BCUT2D eigenvalue weighted by molar-refractivity contribution is 5.31. The van der Waals surface area contributed by atoms with Gasteiger partial charge in [-0.15, -0.1) is 0 Å². The smallest absolute Gasteiger partial charge is 0.129 e. The lowest BCUT2D eigenvalue weighted by Gasteiger charge is -2.37. The largest absolute Gasteiger partial charge is 0.457 e. The second kappa shape index (κ2) is 12.1. The van der Waals surface area contributed by atoms with Gasteiger partial charge in [-0.2, -0.15) is 0 Å². The fourth-order valence-electron chi connectivity index (χ4n) is 3.46. The van der Waals surface area contributed by atoms with E-state index in [1.807, 2.05) is 12.2 Å². The maximum Gasteiger partial charge on any atom is 0.129 e. The van der Waals surface area contributed by atoms with Crippen molar-refractivity contribution in [1.82, 2.24) is 10.3 Å². The molecule has 1 fully saturated rings. The first-order chi connectivity index (χ1) is 13.6. The Balaban J connectivity index is 2.23. The summed E-state index contributed by atoms with van der Waals surface area (Å²) in [5.74, 6) is 6.44. The van der Waals surface area contributed by atoms with Gasteiger partial charge in [-0.1, -0.05) is 19.3 Å². The van der Waals surface area contributed by atoms with Crippen molar-refractivity contribution >= 4 is 6.72 Å². The van der Waals surface area contributed by atoms with E-state index in [4.69, 9.17) is 10.6 Å². The van der Waals surface area contributed by atoms with E-state index in [9.17, 15) is 4.39 Å². The lowest BCUT2D eigenvalue weighted by molar-refractivity contribution is 0.200. The van der Waals surface area contributed by atoms with Gasteiger partial charge in [0.05, 0.1) is 0 Å². The minimum atomic E-state index is -0.293. The first-order valence-electron chi connectivity index (χ1n) is 9.78. The van der Waals surface area contributed by atoms with Gasteiger partial charge in [-0.05, 0) is 69.0 Å². The van der Waals surface area contributed by atoms with Gasteiger partial charge in [0.1, 0.15) is 17.3 Å². The molecule has 0 heterocycles. The molecule has 0 radical (unpaired) electrons. The minimum Gasteiger partial charge on any atom is -0.457 e. The number of aliphatic imine (C=N–C) groups is 1. The highest BCUT2D eigenvalue weighted by Gasteiger charge is 2.21. The monoisotopic (exact) mass is 386 g/mol. The first-order valence-corrected chi connectivity index (χ1v) is 9.78. The summed E-state index contributed by atoms with van der Waals surface area (Å²) in [7, 11) is 0. The quantitative estimate of drug-likeness (QED) is 0.207. The molecule has 1 aliphatic carbocycles. The number of halogens is 1. The number of benzene rings is 1. The Morgan fingerprint density at radius 1 is 1.32 bits per heavy atom. The van der Waals surface area contributed by atoms with Gasteiger partial charge in [-0.3, -0.25) is 16.3 Å². The van der Waals surface area contributed by atoms with Crippen molar-refractivity contribution in [3.8, 4) is 5.75 Å². The lowest BCUT2D eigenvalue weighted by atomic mass is 9.93. The van der Waals surface area contributed by atoms with E-state index in [0.717, 1.165) is 12.2 Å². The van der Waals surface area contributed by atoms with E-state index in [0.29, 0.717) is 24.1 Å². The summed E-state index contributed by atoms with van der Waals surface area (Å²) < 4.78 is 19.1. The molecule has 1 aromatic rings. The zero-order valence-corrected chi connectivity index (χ0v) is 16.6. The maximum absolute atomic E-state index is 13.2. The van der Waals surface area contributed by atoms with Crippen LogP contribution in [0.3, 0.4) is 0 Å². The average Bonchev–Trinajstić information content (AvgIpc) is 2.71. The molecule has 28 heavy (non-hydrogen) atoms. The fraction of sp³-hybridized carbons (Fsp3) is 0.409. The number of nitrogens with one attached hydrogen (secondary N) is 1. The highest BCUT2D eigenvalue weighted by Crippen LogP contribution is 2.26. The third kappa shape index (κ3) is 7.29. The molecule has 0 bridgehead atoms. The number of nitrogens with zero attached hydrogens (tertiary/aromatic N) is 2. The molecule has 0 aromatic heterocycles. The van der Waals surface area contributed by atoms with Crippen molar-refractivity contribution in [2.24, 2.45) is 10.8 Å². The molecular weight excluding hydrogens is 355 g/mol. The van der Waals surface area contributed by atoms with Gasteiger partial charge in [0.25, 0.3) is 0 Å². The Morgan fingerprint density at radius 2 is 2.04 bits per heavy atom. The molecule has 152 valence electrons. The molecule has 0 spiro atoms. The summed E-state index contributed by atoms with van der Waals surface area (Å²) >= 11 is 0. The van der Waals surface area contributed by atoms with Crippen molar-refractivity contribution in [3.63, 3.8) is 0 Å². The van der Waals surface area contributed by atoms with E-state index in [-0.39, 0.29) is 5.82 Å². The Kier molecular flexibility index (Phi) is 9.45. The van der Waals surface area contributed by atoms with Crippen molar-refractivity contribution in [3.05, 3.63) is 66.0 Å². The number of nitrogens with two attached hydrogens (primary N) is 1. The van der Waals surface area contributed by atoms with Crippen LogP contribution in [-0.2, 0) is 0 Å². The third-order valence-corrected chi connectivity index (χ3v) is 4.82. The topological polar surface area (TPSA) is 62.9 Å². The van der Waals surface area contributed by atoms with Crippen LogP contribution in [0, 0.1) is 5.82 Å². The normalized spacial score (nSPS) is 16.4. The number of rotatable bonds is 10. The standard InChI is InChI=1S/C22H31FN4O/c1-18(27(16-15-26-24)20-7-4-3-5-8-20)17-22(9-6-14-25-2)28-21-12-10-19(23)11-13-21/h6,9-14,17,20,26H,2-5,7-8,15-16,24H2,1H3/b14-6+,18-17+,22-9+. The fourth-order valence-corrected chi connectivity index (χ4v) is 3.46. The number of hydrogen-bond donors (Lipinski definition) is 2. The van der Waals surface area contributed by atoms with Crippen molar-refractivity contribution in [2.45, 2.75) is 45.1 Å². The van der Waals surface area contributed by atoms with E-state index >= 15 is 0 Å². The van der Waals surface area contributed by atoms with E-state index in [1.54, 1.807) is 24.4 Å². The molecule has 1 aromatic carbocycles. The van der Waals surface area contributed by atoms with Crippen molar-refractivity contribution in [2.75, 3.05) is 13.1 Å². The summed E-state index contributed by atoms with van der Waals surface area (Å²) in [6, 6.07) is 6.49. The van der Waals surface area contributed by atoms with Crippen LogP contribution in [0.15, 0.2) is 65.1 Å². The second-order valence-corrected chi connectivity index (χ2v) is 6.87. The summed E-state index contributed by atoms with van der Waals surface area (Å²) in [5.41, 5.74) is 3.86. The summed E-state index contributed by atoms with van der Waals surface area (Å²) in [6.07, 6.45) is 13.4. The minimum absolute atomic E-state index is 0.293. The Labute approximate surface area is 167 Å². The van der Waals surface area contributed by atoms with Crippen LogP contribution in [0.25, 0.3) is 0 Å². The zero-order chi connectivity index (χ0) is 20.2. The lowest BCUT2D eigenvalue weighted by Crippen LogP contribution is -2.41. The number of hydrazine groups is 1. The predicted octanol–water partition coefficient (Wildman–Crippen LogP) is 4.30. The first kappa shape index (κ1) is 21.9. The van der Waals surface area contributed by atoms with Gasteiger partial charge in [0.15, 0.2) is 0 Å². The van der Waals surface area contributed by atoms with Crippen LogP contribution in [0.4, 0.5) is 4.39 Å². The van der Waals surface area contributed by atoms with Crippen LogP contribution in [0.2, 0.25) is 0 Å². The second-order valence-electron chi connectivity index (χ2n) is 6.87. The van der Waals surface area contributed by atoms with Gasteiger partial charge in [0.2, 0.25) is 0 Å². The van der Waals surface area contributed by atoms with Crippen molar-refractivity contribution in [1.29, 1.82) is 0 Å². The maximum atomic E-state index is 13.2. The molecule has 1 saturated carbocycles. The van der Waals surface area contributed by atoms with E-state index < -0.39 is 0 Å². The molecule has 1 aliphatic rings. The van der Waals surface area contributed by atoms with Gasteiger partial charge in [0, 0.05) is 31.0 Å². The molecule has 2 rings (SSSR count). The molecular formula is C22H31FN4O. The SMILES string of the molecule is C=N/C=C/C=C(\C=C(/C)N(CCNN)C1CCCCC1)Oc1ccc(F)cc1. The summed E-state index contributed by atoms with van der Waals surface area (Å²) in [6.45, 7) is 7.07. The van der Waals surface area contributed by atoms with Gasteiger partial charge >= 0.3 is 0 Å². The van der Waals surface area contributed by atoms with Crippen LogP contribution < -0.4 is 16.0 Å². The molecule has 5 nitrogen and oxygen atoms in total. The Hall–Kier alpha value is -2.44. The number of hydrogen-bond acceptors (Lipinski definition) is 5. The molecule has 6 heteroatoms. The summed E-state index contributed by atoms with van der Waals surface area (Å²) in [5, 5.41) is 0. The molecule has 0 atom stereocenters. The summed E-state index contributed by atoms with van der Waals surface area (Å²) in [4.78, 5) is 6.12. The Morgan fingerprint density at radius 3 is 2.68 bits per heavy atom. The molecule has 0 saturated heterocycles. The zero-order valence-electron chi connectivity index (χ0n) is 16.6. The van der Waals surface area contributed by atoms with Crippen LogP contribution in [0.1, 0.15) is 39.0 Å². The van der Waals surface area contributed by atoms with Gasteiger partial charge < -0.3 is 9.64 Å². The highest BCUT2D eigenvalue weighted by atomic mass is 19.1. The van der Waals surface area contributed by atoms with E-state index in [2.05, 4.69) is 29.0 Å². The predicted molar refractivity (Wildman–Crippen MR) is 113 cm³/mol. The van der Waals surface area contributed by atoms with E-state index in [1.165, 1.54) is 44.2 Å².